The third-order valence-electron chi connectivity index (χ3n) is 1.83. The van der Waals surface area contributed by atoms with Crippen LogP contribution < -0.4 is 0 Å². The van der Waals surface area contributed by atoms with Crippen LogP contribution in [0.3, 0.4) is 0 Å². The van der Waals surface area contributed by atoms with Gasteiger partial charge in [0.1, 0.15) is 0 Å². The van der Waals surface area contributed by atoms with Crippen molar-refractivity contribution in [2.45, 2.75) is 27.2 Å². The zero-order chi connectivity index (χ0) is 9.90. The van der Waals surface area contributed by atoms with Crippen LogP contribution in [0, 0.1) is 10.8 Å². The molecule has 0 aliphatic rings. The molecular weight excluding hydrogens is 158 g/mol. The summed E-state index contributed by atoms with van der Waals surface area (Å²) in [6.45, 7) is 6.47. The average Bonchev–Trinajstić information content (AvgIpc) is 2.03. The topological polar surface area (TPSA) is 23.9 Å². The molecule has 1 rings (SSSR count). The van der Waals surface area contributed by atoms with Crippen LogP contribution in [0.2, 0.25) is 0 Å². The first-order chi connectivity index (χ1) is 5.99. The first-order valence-electron chi connectivity index (χ1n) is 4.62. The van der Waals surface area contributed by atoms with Gasteiger partial charge in [0.05, 0.1) is 0 Å². The fourth-order valence-corrected chi connectivity index (χ4v) is 1.27. The molecule has 0 aliphatic heterocycles. The first kappa shape index (κ1) is 9.97. The van der Waals surface area contributed by atoms with E-state index in [4.69, 9.17) is 5.41 Å². The smallest absolute Gasteiger partial charge is 0.0391 e. The van der Waals surface area contributed by atoms with Gasteiger partial charge in [-0.05, 0) is 17.4 Å². The van der Waals surface area contributed by atoms with Crippen LogP contribution in [0.25, 0.3) is 0 Å². The maximum Gasteiger partial charge on any atom is 0.0391 e. The first-order valence-corrected chi connectivity index (χ1v) is 4.62. The Kier molecular flexibility index (Phi) is 2.86. The molecule has 0 bridgehead atoms. The summed E-state index contributed by atoms with van der Waals surface area (Å²) in [5, 5.41) is 7.89. The summed E-state index contributed by atoms with van der Waals surface area (Å²) in [5.74, 6) is 0. The van der Waals surface area contributed by atoms with E-state index in [9.17, 15) is 0 Å². The van der Waals surface area contributed by atoms with Gasteiger partial charge >= 0.3 is 0 Å². The highest BCUT2D eigenvalue weighted by atomic mass is 14.4. The highest BCUT2D eigenvalue weighted by Crippen LogP contribution is 2.21. The molecule has 13 heavy (non-hydrogen) atoms. The van der Waals surface area contributed by atoms with Gasteiger partial charge in [0.15, 0.2) is 0 Å². The molecule has 0 heterocycles. The molecule has 0 aliphatic carbocycles. The lowest BCUT2D eigenvalue weighted by atomic mass is 9.87. The zero-order valence-electron chi connectivity index (χ0n) is 8.59. The van der Waals surface area contributed by atoms with E-state index in [1.54, 1.807) is 0 Å². The van der Waals surface area contributed by atoms with Crippen molar-refractivity contribution >= 4 is 5.71 Å². The van der Waals surface area contributed by atoms with Gasteiger partial charge in [0.25, 0.3) is 0 Å². The Bertz CT molecular complexity index is 280. The maximum absolute atomic E-state index is 7.89. The lowest BCUT2D eigenvalue weighted by molar-refractivity contribution is 0.433. The Morgan fingerprint density at radius 3 is 2.15 bits per heavy atom. The summed E-state index contributed by atoms with van der Waals surface area (Å²) in [6.07, 6.45) is 0.830. The van der Waals surface area contributed by atoms with Crippen molar-refractivity contribution in [1.29, 1.82) is 5.41 Å². The zero-order valence-corrected chi connectivity index (χ0v) is 8.59. The molecule has 0 saturated heterocycles. The number of hydrogen-bond acceptors (Lipinski definition) is 1. The van der Waals surface area contributed by atoms with Gasteiger partial charge < -0.3 is 5.41 Å². The van der Waals surface area contributed by atoms with Gasteiger partial charge in [0, 0.05) is 5.71 Å². The minimum absolute atomic E-state index is 0.201. The fraction of sp³-hybridized carbons (Fsp3) is 0.417. The van der Waals surface area contributed by atoms with Gasteiger partial charge in [0.2, 0.25) is 0 Å². The highest BCUT2D eigenvalue weighted by molar-refractivity contribution is 5.98. The average molecular weight is 175 g/mol. The van der Waals surface area contributed by atoms with Crippen molar-refractivity contribution in [3.8, 4) is 0 Å². The predicted octanol–water partition coefficient (Wildman–Crippen LogP) is 3.49. The van der Waals surface area contributed by atoms with Crippen molar-refractivity contribution in [1.82, 2.24) is 0 Å². The number of nitrogens with one attached hydrogen (secondary N) is 1. The quantitative estimate of drug-likeness (QED) is 0.665. The molecule has 0 radical (unpaired) electrons. The Labute approximate surface area is 80.3 Å². The predicted molar refractivity (Wildman–Crippen MR) is 57.3 cm³/mol. The second-order valence-corrected chi connectivity index (χ2v) is 4.58. The molecule has 0 atom stereocenters. The Morgan fingerprint density at radius 1 is 1.15 bits per heavy atom. The highest BCUT2D eigenvalue weighted by Gasteiger charge is 2.13. The van der Waals surface area contributed by atoms with Gasteiger partial charge in [-0.25, -0.2) is 0 Å². The van der Waals surface area contributed by atoms with Crippen LogP contribution in [-0.4, -0.2) is 5.71 Å². The summed E-state index contributed by atoms with van der Waals surface area (Å²) in [7, 11) is 0. The van der Waals surface area contributed by atoms with Crippen molar-refractivity contribution in [3.63, 3.8) is 0 Å². The summed E-state index contributed by atoms with van der Waals surface area (Å²) >= 11 is 0. The molecular formula is C12H17N. The van der Waals surface area contributed by atoms with Gasteiger partial charge in [-0.1, -0.05) is 51.1 Å². The summed E-state index contributed by atoms with van der Waals surface area (Å²) in [6, 6.07) is 9.93. The molecule has 0 saturated carbocycles. The van der Waals surface area contributed by atoms with E-state index in [0.717, 1.165) is 17.7 Å². The third kappa shape index (κ3) is 3.41. The van der Waals surface area contributed by atoms with E-state index in [0.29, 0.717) is 0 Å². The number of benzene rings is 1. The lowest BCUT2D eigenvalue weighted by Gasteiger charge is -2.18. The van der Waals surface area contributed by atoms with Crippen LogP contribution >= 0.6 is 0 Å². The maximum atomic E-state index is 7.89. The van der Waals surface area contributed by atoms with Gasteiger partial charge in [-0.3, -0.25) is 0 Å². The second-order valence-electron chi connectivity index (χ2n) is 4.58. The lowest BCUT2D eigenvalue weighted by Crippen LogP contribution is -2.12. The fourth-order valence-electron chi connectivity index (χ4n) is 1.27. The number of hydrogen-bond donors (Lipinski definition) is 1. The standard InChI is InChI=1S/C12H17N/c1-12(2,3)9-11(13)10-7-5-4-6-8-10/h4-8,13H,9H2,1-3H3. The molecule has 0 amide bonds. The molecule has 1 aromatic carbocycles. The molecule has 0 fully saturated rings. The monoisotopic (exact) mass is 175 g/mol. The van der Waals surface area contributed by atoms with Gasteiger partial charge in [-0.15, -0.1) is 0 Å². The minimum atomic E-state index is 0.201. The van der Waals surface area contributed by atoms with Crippen molar-refractivity contribution in [2.75, 3.05) is 0 Å². The number of rotatable bonds is 2. The van der Waals surface area contributed by atoms with Crippen LogP contribution in [0.15, 0.2) is 30.3 Å². The SMILES string of the molecule is CC(C)(C)CC(=N)c1ccccc1. The Balaban J connectivity index is 2.71. The molecule has 0 spiro atoms. The minimum Gasteiger partial charge on any atom is -0.305 e. The second kappa shape index (κ2) is 3.73. The van der Waals surface area contributed by atoms with E-state index in [1.807, 2.05) is 30.3 Å². The van der Waals surface area contributed by atoms with Crippen molar-refractivity contribution in [3.05, 3.63) is 35.9 Å². The Hall–Kier alpha value is -1.11. The van der Waals surface area contributed by atoms with E-state index < -0.39 is 0 Å². The van der Waals surface area contributed by atoms with Crippen molar-refractivity contribution in [2.24, 2.45) is 5.41 Å². The van der Waals surface area contributed by atoms with E-state index in [-0.39, 0.29) is 5.41 Å². The summed E-state index contributed by atoms with van der Waals surface area (Å²) in [4.78, 5) is 0. The molecule has 1 nitrogen and oxygen atoms in total. The van der Waals surface area contributed by atoms with Gasteiger partial charge in [-0.2, -0.15) is 0 Å². The van der Waals surface area contributed by atoms with E-state index in [1.165, 1.54) is 0 Å². The summed E-state index contributed by atoms with van der Waals surface area (Å²) in [5.41, 5.74) is 1.97. The summed E-state index contributed by atoms with van der Waals surface area (Å²) < 4.78 is 0. The van der Waals surface area contributed by atoms with Crippen LogP contribution in [0.5, 0.6) is 0 Å². The van der Waals surface area contributed by atoms with Crippen LogP contribution in [-0.2, 0) is 0 Å². The normalized spacial score (nSPS) is 11.3. The molecule has 0 unspecified atom stereocenters. The third-order valence-corrected chi connectivity index (χ3v) is 1.83. The van der Waals surface area contributed by atoms with E-state index in [2.05, 4.69) is 20.8 Å². The van der Waals surface area contributed by atoms with Crippen LogP contribution in [0.4, 0.5) is 0 Å². The van der Waals surface area contributed by atoms with Crippen molar-refractivity contribution < 1.29 is 0 Å². The van der Waals surface area contributed by atoms with E-state index >= 15 is 0 Å². The molecule has 1 N–H and O–H groups in total. The van der Waals surface area contributed by atoms with Crippen LogP contribution in [0.1, 0.15) is 32.8 Å². The molecule has 1 heteroatoms. The molecule has 0 aromatic heterocycles. The molecule has 1 aromatic rings. The molecule has 70 valence electrons. The Morgan fingerprint density at radius 2 is 1.69 bits per heavy atom. The largest absolute Gasteiger partial charge is 0.305 e.